The summed E-state index contributed by atoms with van der Waals surface area (Å²) in [6.07, 6.45) is 0. The van der Waals surface area contributed by atoms with Gasteiger partial charge in [0.2, 0.25) is 0 Å². The van der Waals surface area contributed by atoms with Gasteiger partial charge >= 0.3 is 0 Å². The lowest BCUT2D eigenvalue weighted by atomic mass is 10.1. The number of rotatable bonds is 5. The summed E-state index contributed by atoms with van der Waals surface area (Å²) in [5.41, 5.74) is 3.36. The maximum Gasteiger partial charge on any atom is 0.125 e. The summed E-state index contributed by atoms with van der Waals surface area (Å²) in [6, 6.07) is 12.1. The number of hydrogen-bond acceptors (Lipinski definition) is 2. The molecule has 0 radical (unpaired) electrons. The summed E-state index contributed by atoms with van der Waals surface area (Å²) in [4.78, 5) is 0. The zero-order valence-electron chi connectivity index (χ0n) is 11.5. The molecule has 0 bridgehead atoms. The molecule has 0 fully saturated rings. The fraction of sp³-hybridized carbons (Fsp3) is 0.250. The topological polar surface area (TPSA) is 18.5 Å². The highest BCUT2D eigenvalue weighted by molar-refractivity contribution is 9.10. The van der Waals surface area contributed by atoms with Gasteiger partial charge in [-0.25, -0.2) is 0 Å². The van der Waals surface area contributed by atoms with Gasteiger partial charge in [-0.15, -0.1) is 0 Å². The molecule has 2 rings (SSSR count). The molecule has 0 aliphatic rings. The second-order valence-corrected chi connectivity index (χ2v) is 5.97. The fourth-order valence-electron chi connectivity index (χ4n) is 1.97. The van der Waals surface area contributed by atoms with Crippen LogP contribution in [0.4, 0.5) is 0 Å². The Kier molecular flexibility index (Phi) is 5.49. The van der Waals surface area contributed by atoms with E-state index in [0.717, 1.165) is 32.4 Å². The van der Waals surface area contributed by atoms with Crippen molar-refractivity contribution in [3.63, 3.8) is 0 Å². The number of aryl methyl sites for hydroxylation is 1. The molecule has 4 heteroatoms. The third-order valence-corrected chi connectivity index (χ3v) is 4.08. The van der Waals surface area contributed by atoms with Crippen LogP contribution in [0, 0.1) is 6.92 Å². The van der Waals surface area contributed by atoms with Gasteiger partial charge in [-0.3, -0.25) is 0 Å². The number of ether oxygens (including phenoxy) is 2. The van der Waals surface area contributed by atoms with Crippen molar-refractivity contribution >= 4 is 31.9 Å². The van der Waals surface area contributed by atoms with E-state index in [1.807, 2.05) is 24.3 Å². The van der Waals surface area contributed by atoms with Crippen LogP contribution in [0.15, 0.2) is 40.9 Å². The van der Waals surface area contributed by atoms with E-state index >= 15 is 0 Å². The Labute approximate surface area is 136 Å². The van der Waals surface area contributed by atoms with Crippen LogP contribution in [0.5, 0.6) is 11.5 Å². The summed E-state index contributed by atoms with van der Waals surface area (Å²) >= 11 is 6.95. The Morgan fingerprint density at radius 2 is 1.75 bits per heavy atom. The van der Waals surface area contributed by atoms with Crippen molar-refractivity contribution in [1.29, 1.82) is 0 Å². The average Bonchev–Trinajstić information content (AvgIpc) is 2.46. The number of benzene rings is 2. The van der Waals surface area contributed by atoms with Gasteiger partial charge in [-0.1, -0.05) is 43.5 Å². The van der Waals surface area contributed by atoms with Crippen LogP contribution in [-0.4, -0.2) is 7.11 Å². The molecule has 0 amide bonds. The predicted octanol–water partition coefficient (Wildman–Crippen LogP) is 5.24. The van der Waals surface area contributed by atoms with Crippen LogP contribution < -0.4 is 9.47 Å². The molecule has 0 saturated carbocycles. The number of halogens is 2. The van der Waals surface area contributed by atoms with Crippen LogP contribution in [0.1, 0.15) is 16.7 Å². The Morgan fingerprint density at radius 1 is 1.00 bits per heavy atom. The lowest BCUT2D eigenvalue weighted by Gasteiger charge is -2.13. The molecular weight excluding hydrogens is 384 g/mol. The molecule has 2 nitrogen and oxygen atoms in total. The minimum atomic E-state index is 0.493. The molecule has 0 saturated heterocycles. The first-order valence-electron chi connectivity index (χ1n) is 6.24. The zero-order chi connectivity index (χ0) is 14.5. The molecule has 0 unspecified atom stereocenters. The summed E-state index contributed by atoms with van der Waals surface area (Å²) in [5.74, 6) is 1.74. The van der Waals surface area contributed by atoms with Crippen LogP contribution >= 0.6 is 31.9 Å². The van der Waals surface area contributed by atoms with Crippen LogP contribution in [0.3, 0.4) is 0 Å². The van der Waals surface area contributed by atoms with Gasteiger partial charge in [0.05, 0.1) is 7.11 Å². The summed E-state index contributed by atoms with van der Waals surface area (Å²) in [5, 5.41) is 0.757. The largest absolute Gasteiger partial charge is 0.496 e. The summed E-state index contributed by atoms with van der Waals surface area (Å²) in [6.45, 7) is 2.55. The van der Waals surface area contributed by atoms with E-state index in [-0.39, 0.29) is 0 Å². The van der Waals surface area contributed by atoms with Crippen molar-refractivity contribution < 1.29 is 9.47 Å². The van der Waals surface area contributed by atoms with E-state index in [4.69, 9.17) is 9.47 Å². The highest BCUT2D eigenvalue weighted by Crippen LogP contribution is 2.27. The van der Waals surface area contributed by atoms with Crippen molar-refractivity contribution in [2.45, 2.75) is 18.9 Å². The van der Waals surface area contributed by atoms with Crippen molar-refractivity contribution in [3.05, 3.63) is 57.6 Å². The molecule has 106 valence electrons. The summed E-state index contributed by atoms with van der Waals surface area (Å²) in [7, 11) is 1.68. The Hall–Kier alpha value is -1.000. The molecule has 0 N–H and O–H groups in total. The Balaban J connectivity index is 2.18. The standard InChI is InChI=1S/C16H16Br2O2/c1-11-3-5-15(19-2)13(7-11)10-20-16-6-4-14(18)8-12(16)9-17/h3-8H,9-10H2,1-2H3. The molecule has 2 aromatic rings. The lowest BCUT2D eigenvalue weighted by Crippen LogP contribution is -2.01. The third kappa shape index (κ3) is 3.76. The quantitative estimate of drug-likeness (QED) is 0.640. The van der Waals surface area contributed by atoms with Gasteiger partial charge in [0.15, 0.2) is 0 Å². The Bertz CT molecular complexity index is 597. The molecule has 20 heavy (non-hydrogen) atoms. The van der Waals surface area contributed by atoms with Gasteiger partial charge in [0.1, 0.15) is 18.1 Å². The molecule has 0 heterocycles. The smallest absolute Gasteiger partial charge is 0.125 e. The van der Waals surface area contributed by atoms with Crippen molar-refractivity contribution in [2.24, 2.45) is 0 Å². The molecule has 0 atom stereocenters. The van der Waals surface area contributed by atoms with Crippen molar-refractivity contribution in [3.8, 4) is 11.5 Å². The molecule has 0 aromatic heterocycles. The van der Waals surface area contributed by atoms with Gasteiger partial charge < -0.3 is 9.47 Å². The van der Waals surface area contributed by atoms with Crippen LogP contribution in [0.25, 0.3) is 0 Å². The normalized spacial score (nSPS) is 10.4. The highest BCUT2D eigenvalue weighted by atomic mass is 79.9. The van der Waals surface area contributed by atoms with Crippen LogP contribution in [0.2, 0.25) is 0 Å². The van der Waals surface area contributed by atoms with Gasteiger partial charge in [-0.2, -0.15) is 0 Å². The Morgan fingerprint density at radius 3 is 2.45 bits per heavy atom. The monoisotopic (exact) mass is 398 g/mol. The third-order valence-electron chi connectivity index (χ3n) is 2.99. The molecule has 0 aliphatic carbocycles. The predicted molar refractivity (Wildman–Crippen MR) is 88.8 cm³/mol. The highest BCUT2D eigenvalue weighted by Gasteiger charge is 2.07. The molecule has 0 spiro atoms. The average molecular weight is 400 g/mol. The molecular formula is C16H16Br2O2. The van der Waals surface area contributed by atoms with Gasteiger partial charge in [0, 0.05) is 20.9 Å². The van der Waals surface area contributed by atoms with Crippen molar-refractivity contribution in [1.82, 2.24) is 0 Å². The first-order valence-corrected chi connectivity index (χ1v) is 8.16. The second kappa shape index (κ2) is 7.14. The zero-order valence-corrected chi connectivity index (χ0v) is 14.6. The van der Waals surface area contributed by atoms with E-state index in [2.05, 4.69) is 50.9 Å². The maximum atomic E-state index is 5.94. The number of hydrogen-bond donors (Lipinski definition) is 0. The second-order valence-electron chi connectivity index (χ2n) is 4.49. The maximum absolute atomic E-state index is 5.94. The molecule has 0 aliphatic heterocycles. The van der Waals surface area contributed by atoms with Gasteiger partial charge in [0.25, 0.3) is 0 Å². The lowest BCUT2D eigenvalue weighted by molar-refractivity contribution is 0.294. The van der Waals surface area contributed by atoms with Crippen molar-refractivity contribution in [2.75, 3.05) is 7.11 Å². The SMILES string of the molecule is COc1ccc(C)cc1COc1ccc(Br)cc1CBr. The minimum absolute atomic E-state index is 0.493. The fourth-order valence-corrected chi connectivity index (χ4v) is 2.82. The summed E-state index contributed by atoms with van der Waals surface area (Å²) < 4.78 is 12.4. The number of methoxy groups -OCH3 is 1. The first kappa shape index (κ1) is 15.4. The van der Waals surface area contributed by atoms with E-state index in [1.165, 1.54) is 5.56 Å². The first-order chi connectivity index (χ1) is 9.63. The van der Waals surface area contributed by atoms with E-state index in [0.29, 0.717) is 6.61 Å². The minimum Gasteiger partial charge on any atom is -0.496 e. The number of alkyl halides is 1. The van der Waals surface area contributed by atoms with E-state index in [9.17, 15) is 0 Å². The van der Waals surface area contributed by atoms with E-state index < -0.39 is 0 Å². The van der Waals surface area contributed by atoms with Crippen LogP contribution in [-0.2, 0) is 11.9 Å². The van der Waals surface area contributed by atoms with Gasteiger partial charge in [-0.05, 0) is 37.3 Å². The molecule has 2 aromatic carbocycles. The van der Waals surface area contributed by atoms with E-state index in [1.54, 1.807) is 7.11 Å².